The third-order valence-corrected chi connectivity index (χ3v) is 5.54. The van der Waals surface area contributed by atoms with E-state index in [0.29, 0.717) is 31.3 Å². The van der Waals surface area contributed by atoms with E-state index in [1.165, 1.54) is 0 Å². The van der Waals surface area contributed by atoms with Crippen LogP contribution in [0.1, 0.15) is 18.4 Å². The fraction of sp³-hybridized carbons (Fsp3) is 0.556. The van der Waals surface area contributed by atoms with Gasteiger partial charge >= 0.3 is 0 Å². The molecule has 5 nitrogen and oxygen atoms in total. The van der Waals surface area contributed by atoms with Crippen LogP contribution >= 0.6 is 11.6 Å². The molecule has 24 heavy (non-hydrogen) atoms. The molecule has 0 saturated carbocycles. The molecule has 1 aromatic rings. The minimum atomic E-state index is -0.385. The van der Waals surface area contributed by atoms with Crippen LogP contribution in [0.4, 0.5) is 0 Å². The number of rotatable bonds is 5. The second kappa shape index (κ2) is 7.11. The molecule has 0 aliphatic carbocycles. The highest BCUT2D eigenvalue weighted by atomic mass is 35.5. The Morgan fingerprint density at radius 2 is 2.04 bits per heavy atom. The van der Waals surface area contributed by atoms with Crippen LogP contribution in [-0.4, -0.2) is 61.5 Å². The molecule has 2 aliphatic rings. The lowest BCUT2D eigenvalue weighted by atomic mass is 9.85. The Morgan fingerprint density at radius 3 is 2.79 bits per heavy atom. The first-order chi connectivity index (χ1) is 11.6. The number of halogens is 1. The van der Waals surface area contributed by atoms with E-state index in [1.54, 1.807) is 13.2 Å². The molecule has 0 radical (unpaired) electrons. The molecular formula is C18H23ClN2O3. The molecule has 0 aromatic heterocycles. The van der Waals surface area contributed by atoms with Crippen LogP contribution in [0, 0.1) is 5.41 Å². The lowest BCUT2D eigenvalue weighted by molar-refractivity contribution is -0.136. The lowest BCUT2D eigenvalue weighted by Gasteiger charge is -2.23. The highest BCUT2D eigenvalue weighted by Gasteiger charge is 2.51. The number of hydrogen-bond acceptors (Lipinski definition) is 3. The summed E-state index contributed by atoms with van der Waals surface area (Å²) in [5, 5.41) is 0.613. The maximum Gasteiger partial charge on any atom is 0.230 e. The van der Waals surface area contributed by atoms with Crippen molar-refractivity contribution in [2.75, 3.05) is 39.9 Å². The van der Waals surface area contributed by atoms with Crippen LogP contribution in [0.25, 0.3) is 0 Å². The van der Waals surface area contributed by atoms with Crippen LogP contribution in [0.3, 0.4) is 0 Å². The second-order valence-electron chi connectivity index (χ2n) is 6.65. The Morgan fingerprint density at radius 1 is 1.29 bits per heavy atom. The van der Waals surface area contributed by atoms with E-state index in [9.17, 15) is 9.59 Å². The third-order valence-electron chi connectivity index (χ3n) is 5.17. The highest BCUT2D eigenvalue weighted by molar-refractivity contribution is 6.31. The molecular weight excluding hydrogens is 328 g/mol. The maximum absolute atomic E-state index is 12.7. The van der Waals surface area contributed by atoms with Gasteiger partial charge in [-0.25, -0.2) is 0 Å². The van der Waals surface area contributed by atoms with Crippen molar-refractivity contribution in [3.8, 4) is 0 Å². The summed E-state index contributed by atoms with van der Waals surface area (Å²) in [7, 11) is 1.64. The number of ether oxygens (including phenoxy) is 1. The number of methoxy groups -OCH3 is 1. The third kappa shape index (κ3) is 3.28. The standard InChI is InChI=1S/C18H23ClN2O3/c1-24-11-10-20-8-6-18(17(20)23)7-9-21(13-18)16(22)12-14-4-2-3-5-15(14)19/h2-5H,6-13H2,1H3. The second-order valence-corrected chi connectivity index (χ2v) is 7.06. The summed E-state index contributed by atoms with van der Waals surface area (Å²) >= 11 is 6.14. The van der Waals surface area contributed by atoms with E-state index in [4.69, 9.17) is 16.3 Å². The Bertz CT molecular complexity index is 636. The molecule has 2 fully saturated rings. The number of nitrogens with zero attached hydrogens (tertiary/aromatic N) is 2. The summed E-state index contributed by atoms with van der Waals surface area (Å²) in [5.74, 6) is 0.218. The minimum absolute atomic E-state index is 0.0446. The molecule has 0 bridgehead atoms. The number of hydrogen-bond donors (Lipinski definition) is 0. The van der Waals surface area contributed by atoms with Crippen molar-refractivity contribution in [2.45, 2.75) is 19.3 Å². The molecule has 2 saturated heterocycles. The van der Waals surface area contributed by atoms with Crippen LogP contribution in [0.2, 0.25) is 5.02 Å². The average molecular weight is 351 g/mol. The largest absolute Gasteiger partial charge is 0.383 e. The molecule has 2 aliphatic heterocycles. The van der Waals surface area contributed by atoms with Crippen molar-refractivity contribution >= 4 is 23.4 Å². The molecule has 130 valence electrons. The van der Waals surface area contributed by atoms with Gasteiger partial charge in [0.2, 0.25) is 11.8 Å². The number of likely N-dealkylation sites (tertiary alicyclic amines) is 2. The molecule has 1 unspecified atom stereocenters. The highest BCUT2D eigenvalue weighted by Crippen LogP contribution is 2.40. The fourth-order valence-corrected chi connectivity index (χ4v) is 3.89. The lowest BCUT2D eigenvalue weighted by Crippen LogP contribution is -2.39. The van der Waals surface area contributed by atoms with Crippen molar-refractivity contribution in [3.05, 3.63) is 34.9 Å². The molecule has 3 rings (SSSR count). The topological polar surface area (TPSA) is 49.9 Å². The number of amides is 2. The quantitative estimate of drug-likeness (QED) is 0.816. The van der Waals surface area contributed by atoms with Gasteiger partial charge in [-0.15, -0.1) is 0 Å². The summed E-state index contributed by atoms with van der Waals surface area (Å²) in [4.78, 5) is 29.0. The molecule has 2 amide bonds. The van der Waals surface area contributed by atoms with Crippen LogP contribution in [-0.2, 0) is 20.7 Å². The monoisotopic (exact) mass is 350 g/mol. The molecule has 6 heteroatoms. The van der Waals surface area contributed by atoms with Crippen molar-refractivity contribution in [3.63, 3.8) is 0 Å². The first-order valence-electron chi connectivity index (χ1n) is 8.35. The summed E-state index contributed by atoms with van der Waals surface area (Å²) in [5.41, 5.74) is 0.453. The van der Waals surface area contributed by atoms with E-state index in [1.807, 2.05) is 28.0 Å². The van der Waals surface area contributed by atoms with Crippen LogP contribution in [0.15, 0.2) is 24.3 Å². The summed E-state index contributed by atoms with van der Waals surface area (Å²) in [6, 6.07) is 7.41. The van der Waals surface area contributed by atoms with Crippen molar-refractivity contribution in [1.29, 1.82) is 0 Å². The van der Waals surface area contributed by atoms with Gasteiger partial charge in [0.25, 0.3) is 0 Å². The Labute approximate surface area is 147 Å². The molecule has 1 aromatic carbocycles. The van der Waals surface area contributed by atoms with Gasteiger partial charge in [0.1, 0.15) is 0 Å². The van der Waals surface area contributed by atoms with Gasteiger partial charge in [-0.3, -0.25) is 9.59 Å². The van der Waals surface area contributed by atoms with Gasteiger partial charge in [-0.05, 0) is 24.5 Å². The van der Waals surface area contributed by atoms with Gasteiger partial charge in [-0.2, -0.15) is 0 Å². The smallest absolute Gasteiger partial charge is 0.230 e. The average Bonchev–Trinajstić information content (AvgIpc) is 3.14. The first-order valence-corrected chi connectivity index (χ1v) is 8.73. The zero-order valence-corrected chi connectivity index (χ0v) is 14.7. The normalized spacial score (nSPS) is 23.5. The molecule has 1 spiro atoms. The van der Waals surface area contributed by atoms with Crippen LogP contribution in [0.5, 0.6) is 0 Å². The fourth-order valence-electron chi connectivity index (χ4n) is 3.69. The maximum atomic E-state index is 12.7. The van der Waals surface area contributed by atoms with E-state index >= 15 is 0 Å². The predicted octanol–water partition coefficient (Wildman–Crippen LogP) is 1.98. The molecule has 1 atom stereocenters. The van der Waals surface area contributed by atoms with Gasteiger partial charge in [0, 0.05) is 38.3 Å². The number of benzene rings is 1. The van der Waals surface area contributed by atoms with Crippen LogP contribution < -0.4 is 0 Å². The number of carbonyl (C=O) groups excluding carboxylic acids is 2. The van der Waals surface area contributed by atoms with Gasteiger partial charge in [-0.1, -0.05) is 29.8 Å². The molecule has 0 N–H and O–H groups in total. The molecule has 2 heterocycles. The van der Waals surface area contributed by atoms with Gasteiger partial charge in [0.05, 0.1) is 18.4 Å². The Kier molecular flexibility index (Phi) is 5.11. The van der Waals surface area contributed by atoms with Crippen molar-refractivity contribution < 1.29 is 14.3 Å². The van der Waals surface area contributed by atoms with Gasteiger partial charge < -0.3 is 14.5 Å². The van der Waals surface area contributed by atoms with Crippen molar-refractivity contribution in [1.82, 2.24) is 9.80 Å². The summed E-state index contributed by atoms with van der Waals surface area (Å²) in [6.07, 6.45) is 1.87. The number of carbonyl (C=O) groups is 2. The SMILES string of the molecule is COCCN1CCC2(CCN(C(=O)Cc3ccccc3Cl)C2)C1=O. The Hall–Kier alpha value is -1.59. The summed E-state index contributed by atoms with van der Waals surface area (Å²) < 4.78 is 5.07. The predicted molar refractivity (Wildman–Crippen MR) is 91.9 cm³/mol. The van der Waals surface area contributed by atoms with E-state index in [2.05, 4.69) is 0 Å². The van der Waals surface area contributed by atoms with E-state index < -0.39 is 0 Å². The first kappa shape index (κ1) is 17.2. The minimum Gasteiger partial charge on any atom is -0.383 e. The van der Waals surface area contributed by atoms with E-state index in [-0.39, 0.29) is 23.7 Å². The summed E-state index contributed by atoms with van der Waals surface area (Å²) in [6.45, 7) is 3.11. The van der Waals surface area contributed by atoms with Gasteiger partial charge in [0.15, 0.2) is 0 Å². The zero-order valence-electron chi connectivity index (χ0n) is 14.0. The van der Waals surface area contributed by atoms with Crippen molar-refractivity contribution in [2.24, 2.45) is 5.41 Å². The zero-order chi connectivity index (χ0) is 17.2. The van der Waals surface area contributed by atoms with E-state index in [0.717, 1.165) is 24.9 Å². The Balaban J connectivity index is 1.62.